The third-order valence-corrected chi connectivity index (χ3v) is 3.14. The molecule has 0 amide bonds. The predicted octanol–water partition coefficient (Wildman–Crippen LogP) is 2.26. The Morgan fingerprint density at radius 2 is 2.18 bits per heavy atom. The normalized spacial score (nSPS) is 21.7. The number of hydrogen-bond acceptors (Lipinski definition) is 2. The Morgan fingerprint density at radius 1 is 1.35 bits per heavy atom. The summed E-state index contributed by atoms with van der Waals surface area (Å²) in [7, 11) is 0. The number of nitrogens with two attached hydrogens (primary N) is 1. The van der Waals surface area contributed by atoms with Gasteiger partial charge < -0.3 is 10.5 Å². The topological polar surface area (TPSA) is 35.2 Å². The lowest BCUT2D eigenvalue weighted by molar-refractivity contribution is 0.182. The molecule has 0 radical (unpaired) electrons. The zero-order chi connectivity index (χ0) is 12.3. The van der Waals surface area contributed by atoms with Crippen LogP contribution < -0.4 is 5.73 Å². The first-order valence-corrected chi connectivity index (χ1v) is 5.92. The van der Waals surface area contributed by atoms with Crippen molar-refractivity contribution in [2.24, 2.45) is 11.7 Å². The SMILES string of the molecule is NC(Cc1ccc(F)c(F)c1)CC1CCOC1. The zero-order valence-corrected chi connectivity index (χ0v) is 9.66. The van der Waals surface area contributed by atoms with Crippen molar-refractivity contribution in [3.63, 3.8) is 0 Å². The first-order chi connectivity index (χ1) is 8.15. The van der Waals surface area contributed by atoms with E-state index in [9.17, 15) is 8.78 Å². The molecule has 0 saturated carbocycles. The van der Waals surface area contributed by atoms with Crippen molar-refractivity contribution in [3.8, 4) is 0 Å². The van der Waals surface area contributed by atoms with Crippen LogP contribution in [0.15, 0.2) is 18.2 Å². The lowest BCUT2D eigenvalue weighted by Gasteiger charge is -2.15. The summed E-state index contributed by atoms with van der Waals surface area (Å²) in [6.07, 6.45) is 2.50. The maximum absolute atomic E-state index is 13.0. The van der Waals surface area contributed by atoms with Crippen LogP contribution in [-0.4, -0.2) is 19.3 Å². The van der Waals surface area contributed by atoms with Crippen LogP contribution in [0.4, 0.5) is 8.78 Å². The number of hydrogen-bond donors (Lipinski definition) is 1. The summed E-state index contributed by atoms with van der Waals surface area (Å²) >= 11 is 0. The van der Waals surface area contributed by atoms with Gasteiger partial charge in [0, 0.05) is 19.3 Å². The van der Waals surface area contributed by atoms with E-state index in [0.717, 1.165) is 37.7 Å². The Morgan fingerprint density at radius 3 is 2.82 bits per heavy atom. The monoisotopic (exact) mass is 241 g/mol. The van der Waals surface area contributed by atoms with Crippen LogP contribution in [0.5, 0.6) is 0 Å². The van der Waals surface area contributed by atoms with Crippen LogP contribution in [0.25, 0.3) is 0 Å². The van der Waals surface area contributed by atoms with Crippen LogP contribution in [0.1, 0.15) is 18.4 Å². The van der Waals surface area contributed by atoms with Crippen molar-refractivity contribution in [2.45, 2.75) is 25.3 Å². The molecule has 4 heteroatoms. The van der Waals surface area contributed by atoms with Crippen molar-refractivity contribution in [3.05, 3.63) is 35.4 Å². The van der Waals surface area contributed by atoms with Gasteiger partial charge in [0.1, 0.15) is 0 Å². The van der Waals surface area contributed by atoms with E-state index in [4.69, 9.17) is 10.5 Å². The van der Waals surface area contributed by atoms with Crippen molar-refractivity contribution >= 4 is 0 Å². The van der Waals surface area contributed by atoms with Gasteiger partial charge in [-0.3, -0.25) is 0 Å². The molecule has 94 valence electrons. The second kappa shape index (κ2) is 5.56. The second-order valence-corrected chi connectivity index (χ2v) is 4.68. The number of halogens is 2. The van der Waals surface area contributed by atoms with E-state index in [1.807, 2.05) is 0 Å². The van der Waals surface area contributed by atoms with Gasteiger partial charge in [-0.05, 0) is 42.9 Å². The summed E-state index contributed by atoms with van der Waals surface area (Å²) in [5.41, 5.74) is 6.75. The van der Waals surface area contributed by atoms with Gasteiger partial charge in [0.05, 0.1) is 0 Å². The Hall–Kier alpha value is -1.00. The number of rotatable bonds is 4. The standard InChI is InChI=1S/C13H17F2NO/c14-12-2-1-9(7-13(12)15)5-11(16)6-10-3-4-17-8-10/h1-2,7,10-11H,3-6,8,16H2. The summed E-state index contributed by atoms with van der Waals surface area (Å²) in [5.74, 6) is -1.11. The maximum Gasteiger partial charge on any atom is 0.159 e. The van der Waals surface area contributed by atoms with E-state index in [1.165, 1.54) is 6.07 Å². The fraction of sp³-hybridized carbons (Fsp3) is 0.538. The molecule has 17 heavy (non-hydrogen) atoms. The third-order valence-electron chi connectivity index (χ3n) is 3.14. The molecule has 2 atom stereocenters. The molecule has 0 bridgehead atoms. The van der Waals surface area contributed by atoms with Crippen LogP contribution in [-0.2, 0) is 11.2 Å². The van der Waals surface area contributed by atoms with E-state index in [0.29, 0.717) is 12.3 Å². The van der Waals surface area contributed by atoms with E-state index in [-0.39, 0.29) is 6.04 Å². The molecule has 1 heterocycles. The lowest BCUT2D eigenvalue weighted by Crippen LogP contribution is -2.26. The zero-order valence-electron chi connectivity index (χ0n) is 9.66. The van der Waals surface area contributed by atoms with Gasteiger partial charge in [0.25, 0.3) is 0 Å². The van der Waals surface area contributed by atoms with Crippen molar-refractivity contribution in [1.82, 2.24) is 0 Å². The molecule has 2 unspecified atom stereocenters. The molecule has 2 nitrogen and oxygen atoms in total. The molecule has 0 aliphatic carbocycles. The molecule has 0 aromatic heterocycles. The van der Waals surface area contributed by atoms with Crippen LogP contribution in [0.3, 0.4) is 0 Å². The largest absolute Gasteiger partial charge is 0.381 e. The molecule has 2 rings (SSSR count). The molecule has 1 saturated heterocycles. The third kappa shape index (κ3) is 3.48. The summed E-state index contributed by atoms with van der Waals surface area (Å²) in [5, 5.41) is 0. The van der Waals surface area contributed by atoms with Gasteiger partial charge in [-0.15, -0.1) is 0 Å². The Kier molecular flexibility index (Phi) is 4.07. The predicted molar refractivity (Wildman–Crippen MR) is 61.6 cm³/mol. The maximum atomic E-state index is 13.0. The Labute approximate surface area is 99.8 Å². The Bertz CT molecular complexity index is 378. The Balaban J connectivity index is 1.88. The second-order valence-electron chi connectivity index (χ2n) is 4.68. The first-order valence-electron chi connectivity index (χ1n) is 5.92. The quantitative estimate of drug-likeness (QED) is 0.877. The van der Waals surface area contributed by atoms with Gasteiger partial charge in [-0.1, -0.05) is 6.07 Å². The van der Waals surface area contributed by atoms with Crippen LogP contribution in [0, 0.1) is 17.6 Å². The summed E-state index contributed by atoms with van der Waals surface area (Å²) < 4.78 is 31.0. The van der Waals surface area contributed by atoms with Gasteiger partial charge in [0.15, 0.2) is 11.6 Å². The van der Waals surface area contributed by atoms with Gasteiger partial charge in [-0.25, -0.2) is 8.78 Å². The molecule has 1 fully saturated rings. The highest BCUT2D eigenvalue weighted by Crippen LogP contribution is 2.19. The van der Waals surface area contributed by atoms with Crippen LogP contribution >= 0.6 is 0 Å². The van der Waals surface area contributed by atoms with Crippen molar-refractivity contribution < 1.29 is 13.5 Å². The summed E-state index contributed by atoms with van der Waals surface area (Å²) in [6.45, 7) is 1.58. The smallest absolute Gasteiger partial charge is 0.159 e. The fourth-order valence-corrected chi connectivity index (χ4v) is 2.25. The summed E-state index contributed by atoms with van der Waals surface area (Å²) in [6, 6.07) is 3.94. The van der Waals surface area contributed by atoms with E-state index in [2.05, 4.69) is 0 Å². The molecular weight excluding hydrogens is 224 g/mol. The number of benzene rings is 1. The molecule has 1 aromatic carbocycles. The summed E-state index contributed by atoms with van der Waals surface area (Å²) in [4.78, 5) is 0. The minimum Gasteiger partial charge on any atom is -0.381 e. The highest BCUT2D eigenvalue weighted by molar-refractivity contribution is 5.18. The van der Waals surface area contributed by atoms with E-state index < -0.39 is 11.6 Å². The highest BCUT2D eigenvalue weighted by Gasteiger charge is 2.19. The molecule has 1 aliphatic rings. The van der Waals surface area contributed by atoms with Gasteiger partial charge in [0.2, 0.25) is 0 Å². The molecular formula is C13H17F2NO. The average Bonchev–Trinajstić information content (AvgIpc) is 2.76. The fourth-order valence-electron chi connectivity index (χ4n) is 2.25. The average molecular weight is 241 g/mol. The van der Waals surface area contributed by atoms with E-state index in [1.54, 1.807) is 6.07 Å². The highest BCUT2D eigenvalue weighted by atomic mass is 19.2. The van der Waals surface area contributed by atoms with Crippen LogP contribution in [0.2, 0.25) is 0 Å². The minimum absolute atomic E-state index is 0.0217. The molecule has 2 N–H and O–H groups in total. The minimum atomic E-state index is -0.813. The lowest BCUT2D eigenvalue weighted by atomic mass is 9.95. The van der Waals surface area contributed by atoms with Gasteiger partial charge in [-0.2, -0.15) is 0 Å². The van der Waals surface area contributed by atoms with Gasteiger partial charge >= 0.3 is 0 Å². The van der Waals surface area contributed by atoms with E-state index >= 15 is 0 Å². The number of ether oxygens (including phenoxy) is 1. The van der Waals surface area contributed by atoms with Crippen molar-refractivity contribution in [2.75, 3.05) is 13.2 Å². The first kappa shape index (κ1) is 12.5. The molecule has 0 spiro atoms. The molecule has 1 aliphatic heterocycles. The molecule has 1 aromatic rings. The van der Waals surface area contributed by atoms with Crippen molar-refractivity contribution in [1.29, 1.82) is 0 Å².